The molecule has 0 radical (unpaired) electrons. The second-order valence-corrected chi connectivity index (χ2v) is 10.9. The van der Waals surface area contributed by atoms with Gasteiger partial charge in [0.1, 0.15) is 0 Å². The minimum atomic E-state index is -0.427. The summed E-state index contributed by atoms with van der Waals surface area (Å²) in [4.78, 5) is 47.6. The van der Waals surface area contributed by atoms with E-state index in [1.807, 2.05) is 27.7 Å². The Morgan fingerprint density at radius 1 is 0.825 bits per heavy atom. The quantitative estimate of drug-likeness (QED) is 0.142. The zero-order valence-electron chi connectivity index (χ0n) is 24.8. The largest absolute Gasteiger partial charge is 0.379 e. The number of nitrogens with one attached hydrogen (secondary N) is 2. The van der Waals surface area contributed by atoms with Crippen LogP contribution in [0.5, 0.6) is 0 Å². The molecule has 0 aromatic carbocycles. The standard InChI is InChI=1S/C28H51N7O5/c1-20(2)27(38)23(29)9-5-7-14-31-25(36)12-11-22-19-35(34-33-22)16-18-40-17-13-26(37)32-15-8-6-10-24(30)28(39)21(3)4/h19-21,23-24H,5-18,29-30H2,1-4H3,(H,31,36)(H,32,37). The second kappa shape index (κ2) is 20.2. The molecule has 0 saturated carbocycles. The van der Waals surface area contributed by atoms with Gasteiger partial charge < -0.3 is 26.8 Å². The Labute approximate surface area is 238 Å². The molecule has 2 unspecified atom stereocenters. The number of unbranched alkanes of at least 4 members (excludes halogenated alkanes) is 2. The molecule has 0 aliphatic carbocycles. The van der Waals surface area contributed by atoms with Crippen molar-refractivity contribution in [3.05, 3.63) is 11.9 Å². The number of rotatable bonds is 23. The second-order valence-electron chi connectivity index (χ2n) is 10.9. The molecular formula is C28H51N7O5. The number of nitrogens with zero attached hydrogens (tertiary/aromatic N) is 3. The van der Waals surface area contributed by atoms with Crippen molar-refractivity contribution in [1.29, 1.82) is 0 Å². The normalized spacial score (nSPS) is 12.9. The average molecular weight is 566 g/mol. The Morgan fingerprint density at radius 3 is 1.88 bits per heavy atom. The monoisotopic (exact) mass is 565 g/mol. The van der Waals surface area contributed by atoms with Gasteiger partial charge in [0.15, 0.2) is 11.6 Å². The van der Waals surface area contributed by atoms with Crippen molar-refractivity contribution in [3.63, 3.8) is 0 Å². The number of hydrogen-bond donors (Lipinski definition) is 4. The zero-order valence-corrected chi connectivity index (χ0v) is 24.8. The first-order chi connectivity index (χ1) is 19.0. The van der Waals surface area contributed by atoms with Crippen LogP contribution in [0.3, 0.4) is 0 Å². The summed E-state index contributed by atoms with van der Waals surface area (Å²) in [5.74, 6) is -0.0829. The molecule has 12 nitrogen and oxygen atoms in total. The Morgan fingerprint density at radius 2 is 1.35 bits per heavy atom. The molecule has 0 aliphatic rings. The van der Waals surface area contributed by atoms with E-state index in [2.05, 4.69) is 20.9 Å². The van der Waals surface area contributed by atoms with Gasteiger partial charge in [0.2, 0.25) is 11.8 Å². The number of hydrogen-bond acceptors (Lipinski definition) is 9. The van der Waals surface area contributed by atoms with E-state index in [-0.39, 0.29) is 41.6 Å². The van der Waals surface area contributed by atoms with Crippen molar-refractivity contribution in [2.45, 2.75) is 104 Å². The smallest absolute Gasteiger partial charge is 0.222 e. The molecule has 2 atom stereocenters. The molecule has 6 N–H and O–H groups in total. The molecule has 1 heterocycles. The first kappa shape index (κ1) is 35.3. The fourth-order valence-electron chi connectivity index (χ4n) is 3.98. The first-order valence-electron chi connectivity index (χ1n) is 14.6. The number of carbonyl (C=O) groups excluding carboxylic acids is 4. The van der Waals surface area contributed by atoms with Crippen LogP contribution >= 0.6 is 0 Å². The predicted octanol–water partition coefficient (Wildman–Crippen LogP) is 1.30. The Balaban J connectivity index is 2.05. The van der Waals surface area contributed by atoms with E-state index in [4.69, 9.17) is 16.2 Å². The molecule has 0 bridgehead atoms. The van der Waals surface area contributed by atoms with Gasteiger partial charge in [-0.3, -0.25) is 19.2 Å². The molecule has 0 saturated heterocycles. The van der Waals surface area contributed by atoms with E-state index in [0.29, 0.717) is 58.5 Å². The van der Waals surface area contributed by atoms with Crippen molar-refractivity contribution >= 4 is 23.4 Å². The highest BCUT2D eigenvalue weighted by molar-refractivity contribution is 5.85. The van der Waals surface area contributed by atoms with E-state index in [9.17, 15) is 19.2 Å². The molecule has 2 amide bonds. The fraction of sp³-hybridized carbons (Fsp3) is 0.786. The van der Waals surface area contributed by atoms with E-state index in [0.717, 1.165) is 31.4 Å². The highest BCUT2D eigenvalue weighted by atomic mass is 16.5. The van der Waals surface area contributed by atoms with E-state index in [1.165, 1.54) is 0 Å². The fourth-order valence-corrected chi connectivity index (χ4v) is 3.98. The third kappa shape index (κ3) is 15.8. The van der Waals surface area contributed by atoms with E-state index < -0.39 is 12.1 Å². The van der Waals surface area contributed by atoms with Crippen molar-refractivity contribution in [1.82, 2.24) is 25.6 Å². The Bertz CT molecular complexity index is 903. The predicted molar refractivity (Wildman–Crippen MR) is 153 cm³/mol. The highest BCUT2D eigenvalue weighted by Crippen LogP contribution is 2.06. The number of nitrogens with two attached hydrogens (primary N) is 2. The van der Waals surface area contributed by atoms with Gasteiger partial charge in [-0.1, -0.05) is 32.9 Å². The molecule has 1 aromatic rings. The number of amides is 2. The van der Waals surface area contributed by atoms with Crippen molar-refractivity contribution in [2.24, 2.45) is 23.3 Å². The van der Waals surface area contributed by atoms with Crippen LogP contribution in [0.25, 0.3) is 0 Å². The van der Waals surface area contributed by atoms with Crippen LogP contribution in [0, 0.1) is 11.8 Å². The summed E-state index contributed by atoms with van der Waals surface area (Å²) in [6.45, 7) is 9.70. The summed E-state index contributed by atoms with van der Waals surface area (Å²) in [7, 11) is 0. The van der Waals surface area contributed by atoms with Crippen molar-refractivity contribution in [2.75, 3.05) is 26.3 Å². The lowest BCUT2D eigenvalue weighted by Crippen LogP contribution is -2.34. The molecule has 228 valence electrons. The summed E-state index contributed by atoms with van der Waals surface area (Å²) in [5.41, 5.74) is 12.5. The SMILES string of the molecule is CC(C)C(=O)C(N)CCCCNC(=O)CCOCCn1cc(CCC(=O)NCCCCC(N)C(=O)C(C)C)nn1. The number of carbonyl (C=O) groups is 4. The molecule has 0 aliphatic heterocycles. The third-order valence-electron chi connectivity index (χ3n) is 6.53. The number of ether oxygens (including phenoxy) is 1. The number of aromatic nitrogens is 3. The summed E-state index contributed by atoms with van der Waals surface area (Å²) < 4.78 is 7.19. The zero-order chi connectivity index (χ0) is 29.9. The van der Waals surface area contributed by atoms with Crippen LogP contribution in [0.15, 0.2) is 6.20 Å². The lowest BCUT2D eigenvalue weighted by molar-refractivity contribution is -0.124. The molecule has 0 spiro atoms. The molecule has 12 heteroatoms. The third-order valence-corrected chi connectivity index (χ3v) is 6.53. The summed E-state index contributed by atoms with van der Waals surface area (Å²) in [5, 5.41) is 13.9. The van der Waals surface area contributed by atoms with Gasteiger partial charge >= 0.3 is 0 Å². The topological polar surface area (TPSA) is 184 Å². The lowest BCUT2D eigenvalue weighted by Gasteiger charge is -2.12. The van der Waals surface area contributed by atoms with Crippen LogP contribution in [0.1, 0.15) is 84.8 Å². The van der Waals surface area contributed by atoms with Crippen molar-refractivity contribution < 1.29 is 23.9 Å². The van der Waals surface area contributed by atoms with Gasteiger partial charge in [-0.15, -0.1) is 5.10 Å². The molecule has 40 heavy (non-hydrogen) atoms. The Hall–Kier alpha value is -2.70. The van der Waals surface area contributed by atoms with E-state index >= 15 is 0 Å². The number of aryl methyl sites for hydroxylation is 1. The van der Waals surface area contributed by atoms with E-state index in [1.54, 1.807) is 10.9 Å². The van der Waals surface area contributed by atoms with Crippen LogP contribution in [0.4, 0.5) is 0 Å². The van der Waals surface area contributed by atoms with Gasteiger partial charge in [0, 0.05) is 50.4 Å². The van der Waals surface area contributed by atoms with Gasteiger partial charge in [-0.05, 0) is 38.5 Å². The maximum absolute atomic E-state index is 12.1. The minimum Gasteiger partial charge on any atom is -0.379 e. The minimum absolute atomic E-state index is 0.0523. The van der Waals surface area contributed by atoms with Crippen molar-refractivity contribution in [3.8, 4) is 0 Å². The van der Waals surface area contributed by atoms with Crippen LogP contribution in [0.2, 0.25) is 0 Å². The molecule has 0 fully saturated rings. The van der Waals surface area contributed by atoms with Gasteiger partial charge in [-0.25, -0.2) is 4.68 Å². The van der Waals surface area contributed by atoms with Gasteiger partial charge in [0.05, 0.1) is 37.5 Å². The molecular weight excluding hydrogens is 514 g/mol. The maximum Gasteiger partial charge on any atom is 0.222 e. The van der Waals surface area contributed by atoms with Gasteiger partial charge in [-0.2, -0.15) is 0 Å². The average Bonchev–Trinajstić information content (AvgIpc) is 3.37. The van der Waals surface area contributed by atoms with Crippen LogP contribution in [-0.4, -0.2) is 76.8 Å². The summed E-state index contributed by atoms with van der Waals surface area (Å²) >= 11 is 0. The maximum atomic E-state index is 12.1. The highest BCUT2D eigenvalue weighted by Gasteiger charge is 2.17. The van der Waals surface area contributed by atoms with Crippen LogP contribution < -0.4 is 22.1 Å². The number of Topliss-reactive ketones (excluding diaryl/α,β-unsaturated/α-hetero) is 2. The summed E-state index contributed by atoms with van der Waals surface area (Å²) in [6, 6.07) is -0.853. The molecule has 1 aromatic heterocycles. The van der Waals surface area contributed by atoms with Crippen LogP contribution in [-0.2, 0) is 36.9 Å². The molecule has 1 rings (SSSR count). The summed E-state index contributed by atoms with van der Waals surface area (Å²) in [6.07, 6.45) is 7.26. The lowest BCUT2D eigenvalue weighted by atomic mass is 9.98. The Kier molecular flexibility index (Phi) is 17.9. The van der Waals surface area contributed by atoms with Gasteiger partial charge in [0.25, 0.3) is 0 Å². The first-order valence-corrected chi connectivity index (χ1v) is 14.6. The number of ketones is 2.